The summed E-state index contributed by atoms with van der Waals surface area (Å²) in [6.45, 7) is 5.55. The van der Waals surface area contributed by atoms with E-state index >= 15 is 0 Å². The van der Waals surface area contributed by atoms with Crippen molar-refractivity contribution in [1.29, 1.82) is 0 Å². The van der Waals surface area contributed by atoms with E-state index in [1.807, 2.05) is 0 Å². The van der Waals surface area contributed by atoms with E-state index in [0.717, 1.165) is 6.42 Å². The van der Waals surface area contributed by atoms with Crippen molar-refractivity contribution in [3.05, 3.63) is 6.92 Å². The fraction of sp³-hybridized carbons (Fsp3) is 0.938. The molecule has 0 spiro atoms. The summed E-state index contributed by atoms with van der Waals surface area (Å²) in [6, 6.07) is 0. The number of hydrogen-bond donors (Lipinski definition) is 5. The lowest BCUT2D eigenvalue weighted by molar-refractivity contribution is -0.286. The highest BCUT2D eigenvalue weighted by Crippen LogP contribution is 2.19. The van der Waals surface area contributed by atoms with E-state index < -0.39 is 37.3 Å². The Kier molecular flexibility index (Phi) is 13.1. The first-order chi connectivity index (χ1) is 10.5. The van der Waals surface area contributed by atoms with Crippen LogP contribution in [0.15, 0.2) is 0 Å². The summed E-state index contributed by atoms with van der Waals surface area (Å²) < 4.78 is 4.58. The van der Waals surface area contributed by atoms with Gasteiger partial charge < -0.3 is 30.3 Å². The lowest BCUT2D eigenvalue weighted by Crippen LogP contribution is -2.58. The normalized spacial score (nSPS) is 31.5. The van der Waals surface area contributed by atoms with Gasteiger partial charge in [-0.05, 0) is 0 Å². The SMILES string of the molecule is OC[C@H]1OC(O)[C@H](O)[C@@H](O)[C@@H]1O.[CH2]CCCCCCCCC. The molecule has 6 heteroatoms. The summed E-state index contributed by atoms with van der Waals surface area (Å²) in [5, 5.41) is 44.7. The maximum Gasteiger partial charge on any atom is 0.184 e. The van der Waals surface area contributed by atoms with Gasteiger partial charge in [-0.25, -0.2) is 0 Å². The van der Waals surface area contributed by atoms with E-state index in [1.54, 1.807) is 0 Å². The lowest BCUT2D eigenvalue weighted by Gasteiger charge is -2.37. The van der Waals surface area contributed by atoms with Crippen LogP contribution in [0.1, 0.15) is 58.3 Å². The number of hydrogen-bond acceptors (Lipinski definition) is 6. The molecular formula is C16H33O6. The molecule has 1 unspecified atom stereocenters. The standard InChI is InChI=1S/C10H21.C6H12O6/c1-3-5-7-9-10-8-6-4-2;7-1-2-3(8)4(9)5(10)6(11)12-2/h1,3-10H2,2H3;2-11H,1H2/t;2-,3-,4+,5-,6?/m.1/s1. The molecule has 0 aliphatic carbocycles. The van der Waals surface area contributed by atoms with Crippen LogP contribution in [-0.4, -0.2) is 62.8 Å². The lowest BCUT2D eigenvalue weighted by atomic mass is 10.00. The van der Waals surface area contributed by atoms with Gasteiger partial charge in [0.2, 0.25) is 0 Å². The third-order valence-corrected chi connectivity index (χ3v) is 3.72. The largest absolute Gasteiger partial charge is 0.394 e. The first-order valence-corrected chi connectivity index (χ1v) is 8.27. The molecule has 0 aromatic heterocycles. The van der Waals surface area contributed by atoms with Crippen molar-refractivity contribution >= 4 is 0 Å². The molecular weight excluding hydrogens is 288 g/mol. The topological polar surface area (TPSA) is 110 Å². The molecule has 1 rings (SSSR count). The van der Waals surface area contributed by atoms with Gasteiger partial charge in [0.25, 0.3) is 0 Å². The highest BCUT2D eigenvalue weighted by atomic mass is 16.6. The van der Waals surface area contributed by atoms with E-state index in [-0.39, 0.29) is 0 Å². The second-order valence-corrected chi connectivity index (χ2v) is 5.69. The first kappa shape index (κ1) is 21.8. The molecule has 1 saturated heterocycles. The van der Waals surface area contributed by atoms with Gasteiger partial charge in [0.1, 0.15) is 24.4 Å². The van der Waals surface area contributed by atoms with E-state index in [0.29, 0.717) is 0 Å². The van der Waals surface area contributed by atoms with Gasteiger partial charge in [0, 0.05) is 0 Å². The van der Waals surface area contributed by atoms with E-state index in [4.69, 9.17) is 25.5 Å². The fourth-order valence-electron chi connectivity index (χ4n) is 2.22. The molecule has 1 radical (unpaired) electrons. The maximum absolute atomic E-state index is 9.12. The average Bonchev–Trinajstić information content (AvgIpc) is 2.53. The van der Waals surface area contributed by atoms with E-state index in [1.165, 1.54) is 44.9 Å². The van der Waals surface area contributed by atoms with Crippen molar-refractivity contribution in [2.24, 2.45) is 0 Å². The van der Waals surface area contributed by atoms with E-state index in [2.05, 4.69) is 18.6 Å². The minimum atomic E-state index is -1.57. The van der Waals surface area contributed by atoms with Crippen LogP contribution >= 0.6 is 0 Å². The molecule has 0 saturated carbocycles. The zero-order chi connectivity index (χ0) is 17.0. The number of ether oxygens (including phenoxy) is 1. The second kappa shape index (κ2) is 13.2. The van der Waals surface area contributed by atoms with Crippen LogP contribution in [0.4, 0.5) is 0 Å². The summed E-state index contributed by atoms with van der Waals surface area (Å²) in [6.07, 6.45) is 3.88. The second-order valence-electron chi connectivity index (χ2n) is 5.69. The number of unbranched alkanes of at least 4 members (excludes halogenated alkanes) is 7. The highest BCUT2D eigenvalue weighted by Gasteiger charge is 2.42. The van der Waals surface area contributed by atoms with Crippen LogP contribution < -0.4 is 0 Å². The molecule has 5 atom stereocenters. The highest BCUT2D eigenvalue weighted by molar-refractivity contribution is 4.87. The van der Waals surface area contributed by atoms with Crippen LogP contribution in [0.5, 0.6) is 0 Å². The van der Waals surface area contributed by atoms with Gasteiger partial charge in [-0.3, -0.25) is 0 Å². The molecule has 1 fully saturated rings. The minimum Gasteiger partial charge on any atom is -0.394 e. The van der Waals surface area contributed by atoms with Crippen LogP contribution in [0, 0.1) is 6.92 Å². The quantitative estimate of drug-likeness (QED) is 0.422. The number of aliphatic hydroxyl groups is 5. The molecule has 133 valence electrons. The molecule has 6 nitrogen and oxygen atoms in total. The predicted molar refractivity (Wildman–Crippen MR) is 84.0 cm³/mol. The van der Waals surface area contributed by atoms with Crippen molar-refractivity contribution in [1.82, 2.24) is 0 Å². The Morgan fingerprint density at radius 3 is 1.86 bits per heavy atom. The molecule has 22 heavy (non-hydrogen) atoms. The Morgan fingerprint density at radius 2 is 1.36 bits per heavy atom. The van der Waals surface area contributed by atoms with Crippen LogP contribution in [0.2, 0.25) is 0 Å². The summed E-state index contributed by atoms with van der Waals surface area (Å²) in [5.41, 5.74) is 0. The molecule has 1 aliphatic heterocycles. The molecule has 1 heterocycles. The maximum atomic E-state index is 9.12. The van der Waals surface area contributed by atoms with Gasteiger partial charge in [0.05, 0.1) is 6.61 Å². The predicted octanol–water partition coefficient (Wildman–Crippen LogP) is 0.740. The van der Waals surface area contributed by atoms with Crippen LogP contribution in [0.25, 0.3) is 0 Å². The van der Waals surface area contributed by atoms with E-state index in [9.17, 15) is 0 Å². The van der Waals surface area contributed by atoms with Crippen LogP contribution in [0.3, 0.4) is 0 Å². The van der Waals surface area contributed by atoms with Crippen molar-refractivity contribution in [3.8, 4) is 0 Å². The Hall–Kier alpha value is -0.240. The molecule has 0 aromatic carbocycles. The summed E-state index contributed by atoms with van der Waals surface area (Å²) in [4.78, 5) is 0. The van der Waals surface area contributed by atoms with Gasteiger partial charge in [-0.15, -0.1) is 0 Å². The third kappa shape index (κ3) is 8.41. The molecule has 0 amide bonds. The summed E-state index contributed by atoms with van der Waals surface area (Å²) in [5.74, 6) is 0. The number of aliphatic hydroxyl groups excluding tert-OH is 5. The summed E-state index contributed by atoms with van der Waals surface area (Å²) in [7, 11) is 0. The summed E-state index contributed by atoms with van der Waals surface area (Å²) >= 11 is 0. The minimum absolute atomic E-state index is 0.526. The molecule has 5 N–H and O–H groups in total. The van der Waals surface area contributed by atoms with Crippen molar-refractivity contribution in [2.75, 3.05) is 6.61 Å². The average molecular weight is 321 g/mol. The first-order valence-electron chi connectivity index (χ1n) is 8.27. The van der Waals surface area contributed by atoms with Gasteiger partial charge in [-0.1, -0.05) is 65.2 Å². The van der Waals surface area contributed by atoms with Crippen molar-refractivity contribution in [2.45, 2.75) is 89.0 Å². The fourth-order valence-corrected chi connectivity index (χ4v) is 2.22. The molecule has 0 bridgehead atoms. The van der Waals surface area contributed by atoms with Gasteiger partial charge >= 0.3 is 0 Å². The van der Waals surface area contributed by atoms with Gasteiger partial charge in [0.15, 0.2) is 6.29 Å². The Morgan fingerprint density at radius 1 is 0.818 bits per heavy atom. The zero-order valence-corrected chi connectivity index (χ0v) is 13.6. The smallest absolute Gasteiger partial charge is 0.184 e. The monoisotopic (exact) mass is 321 g/mol. The Balaban J connectivity index is 0.000000409. The van der Waals surface area contributed by atoms with Crippen molar-refractivity contribution in [3.63, 3.8) is 0 Å². The number of rotatable bonds is 8. The van der Waals surface area contributed by atoms with Gasteiger partial charge in [-0.2, -0.15) is 0 Å². The molecule has 1 aliphatic rings. The van der Waals surface area contributed by atoms with Crippen LogP contribution in [-0.2, 0) is 4.74 Å². The Labute approximate surface area is 133 Å². The van der Waals surface area contributed by atoms with Crippen molar-refractivity contribution < 1.29 is 30.3 Å². The Bertz CT molecular complexity index is 238. The molecule has 0 aromatic rings. The third-order valence-electron chi connectivity index (χ3n) is 3.72. The zero-order valence-electron chi connectivity index (χ0n) is 13.6.